The SMILES string of the molecule is C=CCC(NCC(=O)N/C(=C/NC)C(N)N1CCC(C)(C)C1=O)c1ccnc(OC)c1. The van der Waals surface area contributed by atoms with Crippen LogP contribution in [0.25, 0.3) is 0 Å². The van der Waals surface area contributed by atoms with Crippen molar-refractivity contribution in [1.82, 2.24) is 25.8 Å². The molecule has 2 atom stereocenters. The smallest absolute Gasteiger partial charge is 0.238 e. The Balaban J connectivity index is 2.03. The average Bonchev–Trinajstić information content (AvgIpc) is 3.03. The molecular weight excluding hydrogens is 396 g/mol. The zero-order valence-electron chi connectivity index (χ0n) is 18.8. The second-order valence-electron chi connectivity index (χ2n) is 8.10. The Bertz CT molecular complexity index is 823. The van der Waals surface area contributed by atoms with Crippen LogP contribution < -0.4 is 26.4 Å². The van der Waals surface area contributed by atoms with E-state index in [0.717, 1.165) is 12.0 Å². The lowest BCUT2D eigenvalue weighted by atomic mass is 9.92. The lowest BCUT2D eigenvalue weighted by Gasteiger charge is -2.28. The largest absolute Gasteiger partial charge is 0.481 e. The molecule has 170 valence electrons. The quantitative estimate of drug-likeness (QED) is 0.387. The summed E-state index contributed by atoms with van der Waals surface area (Å²) in [6, 6.07) is 3.55. The molecule has 1 aromatic rings. The zero-order valence-corrected chi connectivity index (χ0v) is 18.8. The number of rotatable bonds is 11. The van der Waals surface area contributed by atoms with Crippen molar-refractivity contribution in [3.63, 3.8) is 0 Å². The number of likely N-dealkylation sites (tertiary alicyclic amines) is 1. The van der Waals surface area contributed by atoms with Crippen molar-refractivity contribution in [3.8, 4) is 5.88 Å². The summed E-state index contributed by atoms with van der Waals surface area (Å²) >= 11 is 0. The van der Waals surface area contributed by atoms with Gasteiger partial charge in [0.25, 0.3) is 0 Å². The Labute approximate surface area is 184 Å². The predicted octanol–water partition coefficient (Wildman–Crippen LogP) is 1.02. The number of hydrogen-bond acceptors (Lipinski definition) is 7. The monoisotopic (exact) mass is 430 g/mol. The topological polar surface area (TPSA) is 122 Å². The van der Waals surface area contributed by atoms with Gasteiger partial charge in [-0.05, 0) is 24.5 Å². The molecule has 1 aromatic heterocycles. The summed E-state index contributed by atoms with van der Waals surface area (Å²) in [5.74, 6) is 0.214. The van der Waals surface area contributed by atoms with Crippen molar-refractivity contribution >= 4 is 11.8 Å². The minimum absolute atomic E-state index is 0.0212. The summed E-state index contributed by atoms with van der Waals surface area (Å²) in [5.41, 5.74) is 7.25. The van der Waals surface area contributed by atoms with Crippen molar-refractivity contribution in [2.45, 2.75) is 38.9 Å². The van der Waals surface area contributed by atoms with Crippen LogP contribution in [-0.4, -0.2) is 55.1 Å². The Morgan fingerprint density at radius 2 is 2.23 bits per heavy atom. The maximum atomic E-state index is 12.7. The van der Waals surface area contributed by atoms with Crippen LogP contribution in [0.4, 0.5) is 0 Å². The average molecular weight is 431 g/mol. The number of amides is 2. The van der Waals surface area contributed by atoms with Gasteiger partial charge in [-0.3, -0.25) is 9.59 Å². The van der Waals surface area contributed by atoms with Crippen LogP contribution in [0.5, 0.6) is 5.88 Å². The fourth-order valence-corrected chi connectivity index (χ4v) is 3.46. The van der Waals surface area contributed by atoms with Gasteiger partial charge in [0.05, 0.1) is 19.4 Å². The summed E-state index contributed by atoms with van der Waals surface area (Å²) in [6.45, 7) is 8.20. The number of pyridine rings is 1. The molecule has 1 aliphatic heterocycles. The van der Waals surface area contributed by atoms with Gasteiger partial charge in [-0.2, -0.15) is 0 Å². The molecule has 0 spiro atoms. The molecule has 2 rings (SSSR count). The van der Waals surface area contributed by atoms with Crippen LogP contribution in [0.15, 0.2) is 42.9 Å². The van der Waals surface area contributed by atoms with Crippen molar-refractivity contribution in [3.05, 3.63) is 48.4 Å². The third-order valence-corrected chi connectivity index (χ3v) is 5.34. The first-order valence-electron chi connectivity index (χ1n) is 10.3. The Morgan fingerprint density at radius 3 is 2.81 bits per heavy atom. The molecule has 2 amide bonds. The maximum Gasteiger partial charge on any atom is 0.238 e. The standard InChI is InChI=1S/C22H34N6O3/c1-6-7-16(15-8-10-25-19(12-15)31-5)26-14-18(29)27-17(13-24-4)20(23)28-11-9-22(2,3)21(28)30/h6,8,10,12-13,16,20,24,26H,1,7,9,11,14,23H2,2-5H3,(H,27,29)/b17-13+. The van der Waals surface area contributed by atoms with Crippen LogP contribution in [0.2, 0.25) is 0 Å². The van der Waals surface area contributed by atoms with Crippen LogP contribution in [-0.2, 0) is 9.59 Å². The first-order chi connectivity index (χ1) is 14.7. The third kappa shape index (κ3) is 6.28. The molecular formula is C22H34N6O3. The van der Waals surface area contributed by atoms with Gasteiger partial charge in [-0.15, -0.1) is 6.58 Å². The van der Waals surface area contributed by atoms with Crippen molar-refractivity contribution in [2.75, 3.05) is 27.2 Å². The fourth-order valence-electron chi connectivity index (χ4n) is 3.46. The normalized spacial score (nSPS) is 17.8. The first kappa shape index (κ1) is 24.4. The van der Waals surface area contributed by atoms with E-state index < -0.39 is 11.6 Å². The summed E-state index contributed by atoms with van der Waals surface area (Å²) in [5, 5.41) is 8.95. The maximum absolute atomic E-state index is 12.7. The van der Waals surface area contributed by atoms with Crippen LogP contribution in [0.3, 0.4) is 0 Å². The van der Waals surface area contributed by atoms with Gasteiger partial charge in [0, 0.05) is 43.5 Å². The van der Waals surface area contributed by atoms with E-state index in [1.54, 1.807) is 37.5 Å². The molecule has 0 saturated carbocycles. The van der Waals surface area contributed by atoms with Gasteiger partial charge in [-0.25, -0.2) is 4.98 Å². The van der Waals surface area contributed by atoms with Crippen molar-refractivity contribution in [2.24, 2.45) is 11.1 Å². The lowest BCUT2D eigenvalue weighted by molar-refractivity contribution is -0.136. The molecule has 0 radical (unpaired) electrons. The van der Waals surface area contributed by atoms with E-state index in [4.69, 9.17) is 10.5 Å². The second-order valence-corrected chi connectivity index (χ2v) is 8.10. The molecule has 1 saturated heterocycles. The second kappa shape index (κ2) is 10.9. The Morgan fingerprint density at radius 1 is 1.48 bits per heavy atom. The molecule has 9 nitrogen and oxygen atoms in total. The van der Waals surface area contributed by atoms with E-state index in [0.29, 0.717) is 24.5 Å². The van der Waals surface area contributed by atoms with Crippen LogP contribution in [0, 0.1) is 5.41 Å². The predicted molar refractivity (Wildman–Crippen MR) is 120 cm³/mol. The molecule has 2 unspecified atom stereocenters. The number of carbonyl (C=O) groups excluding carboxylic acids is 2. The van der Waals surface area contributed by atoms with Gasteiger partial charge in [0.2, 0.25) is 17.7 Å². The molecule has 9 heteroatoms. The molecule has 2 heterocycles. The molecule has 0 aliphatic carbocycles. The van der Waals surface area contributed by atoms with Gasteiger partial charge >= 0.3 is 0 Å². The number of nitrogens with zero attached hydrogens (tertiary/aromatic N) is 2. The minimum Gasteiger partial charge on any atom is -0.481 e. The van der Waals surface area contributed by atoms with Crippen LogP contribution in [0.1, 0.15) is 38.3 Å². The number of hydrogen-bond donors (Lipinski definition) is 4. The van der Waals surface area contributed by atoms with E-state index in [1.807, 2.05) is 26.0 Å². The molecule has 0 aromatic carbocycles. The fraction of sp³-hybridized carbons (Fsp3) is 0.500. The van der Waals surface area contributed by atoms with Gasteiger partial charge in [0.15, 0.2) is 0 Å². The highest BCUT2D eigenvalue weighted by Gasteiger charge is 2.41. The molecule has 1 fully saturated rings. The van der Waals surface area contributed by atoms with Crippen molar-refractivity contribution < 1.29 is 14.3 Å². The summed E-state index contributed by atoms with van der Waals surface area (Å²) in [4.78, 5) is 31.0. The summed E-state index contributed by atoms with van der Waals surface area (Å²) in [6.07, 6.45) is 5.66. The van der Waals surface area contributed by atoms with E-state index in [1.165, 1.54) is 0 Å². The summed E-state index contributed by atoms with van der Waals surface area (Å²) < 4.78 is 5.18. The molecule has 31 heavy (non-hydrogen) atoms. The number of nitrogens with one attached hydrogen (secondary N) is 3. The number of methoxy groups -OCH3 is 1. The van der Waals surface area contributed by atoms with E-state index >= 15 is 0 Å². The lowest BCUT2D eigenvalue weighted by Crippen LogP contribution is -2.51. The molecule has 1 aliphatic rings. The highest BCUT2D eigenvalue weighted by molar-refractivity contribution is 5.85. The van der Waals surface area contributed by atoms with Crippen LogP contribution >= 0.6 is 0 Å². The molecule has 0 bridgehead atoms. The highest BCUT2D eigenvalue weighted by Crippen LogP contribution is 2.31. The van der Waals surface area contributed by atoms with Gasteiger partial charge in [-0.1, -0.05) is 19.9 Å². The van der Waals surface area contributed by atoms with Crippen molar-refractivity contribution in [1.29, 1.82) is 0 Å². The first-order valence-corrected chi connectivity index (χ1v) is 10.3. The van der Waals surface area contributed by atoms with Gasteiger partial charge < -0.3 is 31.3 Å². The third-order valence-electron chi connectivity index (χ3n) is 5.34. The van der Waals surface area contributed by atoms with Gasteiger partial charge in [0.1, 0.15) is 6.17 Å². The van der Waals surface area contributed by atoms with E-state index in [2.05, 4.69) is 27.5 Å². The number of ether oxygens (including phenoxy) is 1. The highest BCUT2D eigenvalue weighted by atomic mass is 16.5. The number of carbonyl (C=O) groups is 2. The van der Waals surface area contributed by atoms with E-state index in [-0.39, 0.29) is 24.4 Å². The summed E-state index contributed by atoms with van der Waals surface area (Å²) in [7, 11) is 3.27. The number of nitrogens with two attached hydrogens (primary N) is 1. The van der Waals surface area contributed by atoms with E-state index in [9.17, 15) is 9.59 Å². The zero-order chi connectivity index (χ0) is 23.0. The Hall–Kier alpha value is -2.91. The molecule has 5 N–H and O–H groups in total. The Kier molecular flexibility index (Phi) is 8.58. The number of aromatic nitrogens is 1. The minimum atomic E-state index is -0.737.